The fourth-order valence-corrected chi connectivity index (χ4v) is 6.20. The third-order valence-corrected chi connectivity index (χ3v) is 8.05. The van der Waals surface area contributed by atoms with Crippen LogP contribution in [0.15, 0.2) is 42.5 Å². The molecule has 1 aliphatic carbocycles. The zero-order valence-corrected chi connectivity index (χ0v) is 20.9. The van der Waals surface area contributed by atoms with E-state index in [4.69, 9.17) is 11.6 Å². The van der Waals surface area contributed by atoms with Crippen molar-refractivity contribution in [1.29, 1.82) is 0 Å². The van der Waals surface area contributed by atoms with E-state index in [2.05, 4.69) is 36.1 Å². The van der Waals surface area contributed by atoms with Crippen LogP contribution in [0.25, 0.3) is 0 Å². The van der Waals surface area contributed by atoms with Gasteiger partial charge in [-0.05, 0) is 48.2 Å². The number of fused-ring (bicyclic) bond motifs is 2. The van der Waals surface area contributed by atoms with Crippen LogP contribution in [0.1, 0.15) is 65.2 Å². The number of rotatable bonds is 4. The van der Waals surface area contributed by atoms with Gasteiger partial charge in [0.15, 0.2) is 5.78 Å². The SMILES string of the molecule is CC[N+]1(CC2c3ccccc3CCN2C(=O)C2CC(=O)c3ccc(Cl)cc32)CCCC1.[Br-]. The molecule has 2 aliphatic heterocycles. The van der Waals surface area contributed by atoms with E-state index in [1.807, 2.05) is 6.07 Å². The van der Waals surface area contributed by atoms with Crippen molar-refractivity contribution >= 4 is 23.3 Å². The molecule has 0 N–H and O–H groups in total. The summed E-state index contributed by atoms with van der Waals surface area (Å²) in [6, 6.07) is 14.0. The molecule has 2 aromatic rings. The van der Waals surface area contributed by atoms with Gasteiger partial charge < -0.3 is 26.4 Å². The smallest absolute Gasteiger partial charge is 0.231 e. The second-order valence-electron chi connectivity index (χ2n) is 9.40. The number of Topliss-reactive ketones (excluding diaryl/α,β-unsaturated/α-hetero) is 1. The van der Waals surface area contributed by atoms with Crippen molar-refractivity contribution in [3.8, 4) is 0 Å². The van der Waals surface area contributed by atoms with Crippen LogP contribution in [0.4, 0.5) is 0 Å². The number of likely N-dealkylation sites (N-methyl/N-ethyl adjacent to an activating group) is 1. The molecule has 1 fully saturated rings. The fraction of sp³-hybridized carbons (Fsp3) is 0.462. The van der Waals surface area contributed by atoms with Gasteiger partial charge in [-0.15, -0.1) is 0 Å². The molecular formula is C26H30BrClN2O2. The largest absolute Gasteiger partial charge is 1.00 e. The van der Waals surface area contributed by atoms with E-state index in [9.17, 15) is 9.59 Å². The molecule has 2 aromatic carbocycles. The third-order valence-electron chi connectivity index (χ3n) is 7.82. The quantitative estimate of drug-likeness (QED) is 0.580. The summed E-state index contributed by atoms with van der Waals surface area (Å²) < 4.78 is 1.08. The molecule has 1 saturated heterocycles. The van der Waals surface area contributed by atoms with Crippen LogP contribution < -0.4 is 17.0 Å². The summed E-state index contributed by atoms with van der Waals surface area (Å²) in [5.41, 5.74) is 4.11. The first-order chi connectivity index (χ1) is 15.0. The first-order valence-electron chi connectivity index (χ1n) is 11.6. The lowest BCUT2D eigenvalue weighted by Crippen LogP contribution is -3.00. The summed E-state index contributed by atoms with van der Waals surface area (Å²) >= 11 is 6.23. The number of carbonyl (C=O) groups excluding carboxylic acids is 2. The first kappa shape index (κ1) is 23.5. The lowest BCUT2D eigenvalue weighted by molar-refractivity contribution is -0.917. The minimum Gasteiger partial charge on any atom is -1.00 e. The molecular weight excluding hydrogens is 488 g/mol. The van der Waals surface area contributed by atoms with Crippen molar-refractivity contribution in [3.05, 3.63) is 69.7 Å². The van der Waals surface area contributed by atoms with E-state index in [0.29, 0.717) is 17.1 Å². The predicted molar refractivity (Wildman–Crippen MR) is 122 cm³/mol. The average Bonchev–Trinajstić information content (AvgIpc) is 3.38. The van der Waals surface area contributed by atoms with Crippen molar-refractivity contribution in [2.24, 2.45) is 0 Å². The Morgan fingerprint density at radius 3 is 2.62 bits per heavy atom. The van der Waals surface area contributed by atoms with Gasteiger partial charge in [0.05, 0.1) is 25.6 Å². The Balaban J connectivity index is 0.00000245. The molecule has 1 amide bonds. The molecule has 3 aliphatic rings. The molecule has 6 heteroatoms. The minimum atomic E-state index is -0.414. The summed E-state index contributed by atoms with van der Waals surface area (Å²) in [6.45, 7) is 7.43. The van der Waals surface area contributed by atoms with Crippen molar-refractivity contribution in [3.63, 3.8) is 0 Å². The van der Waals surface area contributed by atoms with Gasteiger partial charge >= 0.3 is 0 Å². The fourth-order valence-electron chi connectivity index (χ4n) is 6.01. The van der Waals surface area contributed by atoms with Crippen LogP contribution in [-0.4, -0.2) is 53.8 Å². The number of likely N-dealkylation sites (tertiary alicyclic amines) is 1. The van der Waals surface area contributed by atoms with Gasteiger partial charge in [0, 0.05) is 36.4 Å². The number of carbonyl (C=O) groups is 2. The molecule has 0 radical (unpaired) electrons. The highest BCUT2D eigenvalue weighted by Crippen LogP contribution is 2.40. The van der Waals surface area contributed by atoms with Crippen molar-refractivity contribution in [2.45, 2.75) is 44.6 Å². The van der Waals surface area contributed by atoms with E-state index >= 15 is 0 Å². The Morgan fingerprint density at radius 2 is 1.88 bits per heavy atom. The van der Waals surface area contributed by atoms with Gasteiger partial charge in [-0.2, -0.15) is 0 Å². The standard InChI is InChI=1S/C26H30ClN2O2.BrH/c1-2-29(13-5-6-14-29)17-24-20-8-4-3-7-18(20)11-12-28(24)26(31)23-16-25(30)21-10-9-19(27)15-22(21)23;/h3-4,7-10,15,23-24H,2,5-6,11-14,16-17H2,1H3;1H/q+1;/p-1. The number of ketones is 1. The number of hydrogen-bond acceptors (Lipinski definition) is 2. The van der Waals surface area contributed by atoms with Gasteiger partial charge in [-0.1, -0.05) is 35.9 Å². The molecule has 0 spiro atoms. The van der Waals surface area contributed by atoms with Crippen LogP contribution >= 0.6 is 11.6 Å². The maximum atomic E-state index is 13.9. The van der Waals surface area contributed by atoms with E-state index < -0.39 is 5.92 Å². The van der Waals surface area contributed by atoms with Gasteiger partial charge in [-0.3, -0.25) is 9.59 Å². The monoisotopic (exact) mass is 516 g/mol. The molecule has 4 nitrogen and oxygen atoms in total. The molecule has 2 atom stereocenters. The maximum absolute atomic E-state index is 13.9. The second-order valence-corrected chi connectivity index (χ2v) is 9.84. The summed E-state index contributed by atoms with van der Waals surface area (Å²) in [6.07, 6.45) is 3.65. The zero-order valence-electron chi connectivity index (χ0n) is 18.5. The van der Waals surface area contributed by atoms with Crippen molar-refractivity contribution in [1.82, 2.24) is 4.90 Å². The highest BCUT2D eigenvalue weighted by atomic mass is 79.9. The minimum absolute atomic E-state index is 0. The Kier molecular flexibility index (Phi) is 6.81. The van der Waals surface area contributed by atoms with Crippen LogP contribution in [0.3, 0.4) is 0 Å². The van der Waals surface area contributed by atoms with Gasteiger partial charge in [0.2, 0.25) is 5.91 Å². The van der Waals surface area contributed by atoms with Crippen LogP contribution in [0.2, 0.25) is 5.02 Å². The molecule has 0 aromatic heterocycles. The number of halogens is 2. The van der Waals surface area contributed by atoms with Crippen LogP contribution in [-0.2, 0) is 11.2 Å². The van der Waals surface area contributed by atoms with Gasteiger partial charge in [0.25, 0.3) is 0 Å². The predicted octanol–water partition coefficient (Wildman–Crippen LogP) is 1.77. The lowest BCUT2D eigenvalue weighted by Gasteiger charge is -2.44. The Hall–Kier alpha value is -1.69. The third kappa shape index (κ3) is 4.04. The van der Waals surface area contributed by atoms with E-state index in [1.165, 1.54) is 37.1 Å². The summed E-state index contributed by atoms with van der Waals surface area (Å²) in [7, 11) is 0. The average molecular weight is 518 g/mol. The van der Waals surface area contributed by atoms with Crippen molar-refractivity contribution < 1.29 is 31.1 Å². The summed E-state index contributed by atoms with van der Waals surface area (Å²) in [5.74, 6) is -0.277. The summed E-state index contributed by atoms with van der Waals surface area (Å²) in [5, 5.41) is 0.583. The van der Waals surface area contributed by atoms with Crippen LogP contribution in [0, 0.1) is 0 Å². The first-order valence-corrected chi connectivity index (χ1v) is 12.0. The lowest BCUT2D eigenvalue weighted by atomic mass is 9.89. The second kappa shape index (κ2) is 9.28. The highest BCUT2D eigenvalue weighted by Gasteiger charge is 2.43. The summed E-state index contributed by atoms with van der Waals surface area (Å²) in [4.78, 5) is 28.6. The van der Waals surface area contributed by atoms with E-state index in [1.54, 1.807) is 12.1 Å². The molecule has 5 rings (SSSR count). The molecule has 32 heavy (non-hydrogen) atoms. The maximum Gasteiger partial charge on any atom is 0.231 e. The molecule has 2 unspecified atom stereocenters. The number of nitrogens with zero attached hydrogens (tertiary/aromatic N) is 2. The number of benzene rings is 2. The Labute approximate surface area is 205 Å². The van der Waals surface area contributed by atoms with E-state index in [0.717, 1.165) is 29.6 Å². The molecule has 2 heterocycles. The molecule has 170 valence electrons. The zero-order chi connectivity index (χ0) is 21.6. The normalized spacial score (nSPS) is 23.4. The molecule has 0 bridgehead atoms. The van der Waals surface area contributed by atoms with Gasteiger partial charge in [-0.25, -0.2) is 0 Å². The molecule has 0 saturated carbocycles. The highest BCUT2D eigenvalue weighted by molar-refractivity contribution is 6.31. The number of hydrogen-bond donors (Lipinski definition) is 0. The number of quaternary nitrogens is 1. The van der Waals surface area contributed by atoms with E-state index in [-0.39, 0.29) is 41.1 Å². The number of amides is 1. The van der Waals surface area contributed by atoms with Crippen LogP contribution in [0.5, 0.6) is 0 Å². The van der Waals surface area contributed by atoms with Crippen molar-refractivity contribution in [2.75, 3.05) is 32.7 Å². The Bertz CT molecular complexity index is 1030. The topological polar surface area (TPSA) is 37.4 Å². The Morgan fingerprint density at radius 1 is 1.12 bits per heavy atom. The van der Waals surface area contributed by atoms with Gasteiger partial charge in [0.1, 0.15) is 12.6 Å².